The average Bonchev–Trinajstić information content (AvgIpc) is 2.05. The Kier molecular flexibility index (Phi) is 4.58. The fourth-order valence-corrected chi connectivity index (χ4v) is 0.796. The summed E-state index contributed by atoms with van der Waals surface area (Å²) in [6.45, 7) is 3.08. The zero-order chi connectivity index (χ0) is 10.4. The molecule has 0 aliphatic carbocycles. The normalized spacial score (nSPS) is 10.8. The van der Waals surface area contributed by atoms with E-state index in [1.165, 1.54) is 20.3 Å². The maximum Gasteiger partial charge on any atom is 0.257 e. The summed E-state index contributed by atoms with van der Waals surface area (Å²) in [5.41, 5.74) is 0.216. The Labute approximate surface area is 76.6 Å². The molecule has 0 N–H and O–H groups in total. The second-order valence-corrected chi connectivity index (χ2v) is 2.35. The predicted octanol–water partition coefficient (Wildman–Crippen LogP) is -0.272. The number of hydrogen-bond donors (Lipinski definition) is 0. The van der Waals surface area contributed by atoms with Crippen LogP contribution in [0.25, 0.3) is 0 Å². The molecular formula is C8H12NO4-. The van der Waals surface area contributed by atoms with Crippen molar-refractivity contribution in [3.63, 3.8) is 0 Å². The van der Waals surface area contributed by atoms with Gasteiger partial charge in [0.05, 0.1) is 13.4 Å². The molecule has 2 amide bonds. The third-order valence-corrected chi connectivity index (χ3v) is 1.41. The number of amides is 2. The van der Waals surface area contributed by atoms with Gasteiger partial charge < -0.3 is 14.6 Å². The van der Waals surface area contributed by atoms with Crippen LogP contribution in [0.2, 0.25) is 0 Å². The Hall–Kier alpha value is -1.52. The van der Waals surface area contributed by atoms with Crippen molar-refractivity contribution >= 4 is 12.0 Å². The number of ether oxygens (including phenoxy) is 1. The number of imide groups is 1. The number of carbonyl (C=O) groups is 2. The summed E-state index contributed by atoms with van der Waals surface area (Å²) in [5, 5.41) is 10.4. The molecule has 0 aliphatic rings. The molecule has 13 heavy (non-hydrogen) atoms. The van der Waals surface area contributed by atoms with Crippen LogP contribution in [-0.4, -0.2) is 30.6 Å². The summed E-state index contributed by atoms with van der Waals surface area (Å²) < 4.78 is 4.58. The number of hydrogen-bond acceptors (Lipinski definition) is 4. The third kappa shape index (κ3) is 3.14. The molecule has 0 bridgehead atoms. The molecule has 0 aromatic rings. The minimum Gasteiger partial charge on any atom is -0.530 e. The highest BCUT2D eigenvalue weighted by molar-refractivity contribution is 6.00. The fraction of sp³-hybridized carbons (Fsp3) is 0.500. The van der Waals surface area contributed by atoms with Gasteiger partial charge in [0, 0.05) is 12.1 Å². The second kappa shape index (κ2) is 5.18. The lowest BCUT2D eigenvalue weighted by molar-refractivity contribution is -0.263. The summed E-state index contributed by atoms with van der Waals surface area (Å²) in [7, 11) is 1.38. The van der Waals surface area contributed by atoms with E-state index in [9.17, 15) is 14.7 Å². The average molecular weight is 186 g/mol. The summed E-state index contributed by atoms with van der Waals surface area (Å²) in [6, 6.07) is 0. The van der Waals surface area contributed by atoms with Gasteiger partial charge in [0.2, 0.25) is 0 Å². The minimum absolute atomic E-state index is 0.0655. The smallest absolute Gasteiger partial charge is 0.257 e. The van der Waals surface area contributed by atoms with Crippen molar-refractivity contribution in [1.82, 2.24) is 4.90 Å². The van der Waals surface area contributed by atoms with E-state index in [1.54, 1.807) is 6.92 Å². The van der Waals surface area contributed by atoms with Crippen molar-refractivity contribution in [2.24, 2.45) is 0 Å². The zero-order valence-corrected chi connectivity index (χ0v) is 7.86. The first-order valence-electron chi connectivity index (χ1n) is 3.77. The van der Waals surface area contributed by atoms with Gasteiger partial charge in [0.25, 0.3) is 5.91 Å². The number of carbonyl (C=O) groups excluding carboxylic acids is 2. The van der Waals surface area contributed by atoms with E-state index in [4.69, 9.17) is 0 Å². The van der Waals surface area contributed by atoms with Gasteiger partial charge in [0.15, 0.2) is 0 Å². The predicted molar refractivity (Wildman–Crippen MR) is 43.5 cm³/mol. The molecule has 0 saturated carbocycles. The fourth-order valence-electron chi connectivity index (χ4n) is 0.796. The highest BCUT2D eigenvalue weighted by atomic mass is 16.5. The Balaban J connectivity index is 4.56. The third-order valence-electron chi connectivity index (χ3n) is 1.41. The number of nitrogens with zero attached hydrogens (tertiary/aromatic N) is 1. The number of rotatable bonds is 3. The van der Waals surface area contributed by atoms with Crippen LogP contribution in [0, 0.1) is 0 Å². The Morgan fingerprint density at radius 3 is 2.38 bits per heavy atom. The quantitative estimate of drug-likeness (QED) is 0.449. The van der Waals surface area contributed by atoms with Crippen molar-refractivity contribution in [1.29, 1.82) is 0 Å². The first kappa shape index (κ1) is 11.5. The van der Waals surface area contributed by atoms with E-state index in [2.05, 4.69) is 4.74 Å². The van der Waals surface area contributed by atoms with Crippen LogP contribution in [0.4, 0.5) is 4.79 Å². The van der Waals surface area contributed by atoms with E-state index in [0.717, 1.165) is 0 Å². The van der Waals surface area contributed by atoms with Crippen molar-refractivity contribution in [3.05, 3.63) is 11.8 Å². The highest BCUT2D eigenvalue weighted by Gasteiger charge is 2.14. The number of likely N-dealkylation sites (N-methyl/N-ethyl adjacent to an activating group) is 1. The van der Waals surface area contributed by atoms with Gasteiger partial charge in [-0.25, -0.2) is 0 Å². The Morgan fingerprint density at radius 1 is 1.54 bits per heavy atom. The van der Waals surface area contributed by atoms with Crippen LogP contribution >= 0.6 is 0 Å². The molecular weight excluding hydrogens is 174 g/mol. The lowest BCUT2D eigenvalue weighted by atomic mass is 10.3. The largest absolute Gasteiger partial charge is 0.530 e. The van der Waals surface area contributed by atoms with Crippen molar-refractivity contribution in [2.45, 2.75) is 13.8 Å². The maximum atomic E-state index is 11.3. The summed E-state index contributed by atoms with van der Waals surface area (Å²) in [5.74, 6) is -0.621. The van der Waals surface area contributed by atoms with Gasteiger partial charge >= 0.3 is 0 Å². The molecule has 0 radical (unpaired) electrons. The number of carboxylic acid groups (broad SMARTS) is 1. The molecule has 0 aliphatic heterocycles. The first-order valence-corrected chi connectivity index (χ1v) is 3.77. The summed E-state index contributed by atoms with van der Waals surface area (Å²) >= 11 is 0. The molecule has 5 heteroatoms. The molecule has 0 spiro atoms. The lowest BCUT2D eigenvalue weighted by Gasteiger charge is -2.20. The van der Waals surface area contributed by atoms with Gasteiger partial charge in [-0.15, -0.1) is 0 Å². The first-order chi connectivity index (χ1) is 6.04. The summed E-state index contributed by atoms with van der Waals surface area (Å²) in [6.07, 6.45) is -0.315. The van der Waals surface area contributed by atoms with Crippen LogP contribution in [-0.2, 0) is 9.53 Å². The molecule has 0 unspecified atom stereocenters. The molecule has 74 valence electrons. The maximum absolute atomic E-state index is 11.3. The standard InChI is InChI=1S/C8H13NO4/c1-4-9(8(11)12)7(10)6(2)5-13-3/h5H,4H2,1-3H3,(H,11,12)/p-1. The highest BCUT2D eigenvalue weighted by Crippen LogP contribution is 2.00. The van der Waals surface area contributed by atoms with Gasteiger partial charge in [0.1, 0.15) is 6.09 Å². The molecule has 5 nitrogen and oxygen atoms in total. The molecule has 0 aromatic heterocycles. The van der Waals surface area contributed by atoms with Crippen molar-refractivity contribution < 1.29 is 19.4 Å². The Bertz CT molecular complexity index is 234. The molecule has 0 aromatic carbocycles. The molecule has 0 heterocycles. The van der Waals surface area contributed by atoms with Gasteiger partial charge in [-0.05, 0) is 13.8 Å². The van der Waals surface area contributed by atoms with E-state index < -0.39 is 12.0 Å². The van der Waals surface area contributed by atoms with E-state index >= 15 is 0 Å². The zero-order valence-electron chi connectivity index (χ0n) is 7.86. The van der Waals surface area contributed by atoms with Crippen LogP contribution in [0.3, 0.4) is 0 Å². The summed E-state index contributed by atoms with van der Waals surface area (Å²) in [4.78, 5) is 22.3. The van der Waals surface area contributed by atoms with Crippen molar-refractivity contribution in [3.8, 4) is 0 Å². The molecule has 0 atom stereocenters. The van der Waals surface area contributed by atoms with E-state index in [-0.39, 0.29) is 12.1 Å². The Morgan fingerprint density at radius 2 is 2.08 bits per heavy atom. The molecule has 0 saturated heterocycles. The van der Waals surface area contributed by atoms with Crippen LogP contribution < -0.4 is 5.11 Å². The van der Waals surface area contributed by atoms with Gasteiger partial charge in [-0.3, -0.25) is 9.69 Å². The van der Waals surface area contributed by atoms with Crippen LogP contribution in [0.15, 0.2) is 11.8 Å². The minimum atomic E-state index is -1.50. The van der Waals surface area contributed by atoms with E-state index in [0.29, 0.717) is 4.90 Å². The topological polar surface area (TPSA) is 69.7 Å². The number of methoxy groups -OCH3 is 1. The van der Waals surface area contributed by atoms with Crippen molar-refractivity contribution in [2.75, 3.05) is 13.7 Å². The second-order valence-electron chi connectivity index (χ2n) is 2.35. The molecule has 0 fully saturated rings. The van der Waals surface area contributed by atoms with Gasteiger partial charge in [-0.1, -0.05) is 0 Å². The lowest BCUT2D eigenvalue weighted by Crippen LogP contribution is -2.45. The van der Waals surface area contributed by atoms with Crippen LogP contribution in [0.5, 0.6) is 0 Å². The van der Waals surface area contributed by atoms with E-state index in [1.807, 2.05) is 0 Å². The van der Waals surface area contributed by atoms with Gasteiger partial charge in [-0.2, -0.15) is 0 Å². The SMILES string of the molecule is CCN(C(=O)[O-])C(=O)C(C)=COC. The monoisotopic (exact) mass is 186 g/mol. The van der Waals surface area contributed by atoms with Crippen LogP contribution in [0.1, 0.15) is 13.8 Å². The molecule has 0 rings (SSSR count).